The van der Waals surface area contributed by atoms with Gasteiger partial charge in [-0.05, 0) is 54.7 Å². The van der Waals surface area contributed by atoms with Crippen LogP contribution in [0.15, 0.2) is 47.4 Å². The van der Waals surface area contributed by atoms with Gasteiger partial charge in [0.25, 0.3) is 11.8 Å². The molecule has 0 bridgehead atoms. The van der Waals surface area contributed by atoms with Crippen molar-refractivity contribution in [2.45, 2.75) is 24.2 Å². The summed E-state index contributed by atoms with van der Waals surface area (Å²) in [5.41, 5.74) is 8.48. The average Bonchev–Trinajstić information content (AvgIpc) is 3.12. The van der Waals surface area contributed by atoms with Gasteiger partial charge in [-0.1, -0.05) is 18.2 Å². The van der Waals surface area contributed by atoms with E-state index in [1.165, 1.54) is 35.4 Å². The number of anilines is 1. The van der Waals surface area contributed by atoms with E-state index in [-0.39, 0.29) is 11.3 Å². The molecule has 0 atom stereocenters. The van der Waals surface area contributed by atoms with Gasteiger partial charge in [0.15, 0.2) is 6.61 Å². The number of carbonyl (C=O) groups is 3. The number of nitrogens with two attached hydrogens (primary N) is 1. The van der Waals surface area contributed by atoms with Crippen LogP contribution in [-0.2, 0) is 27.2 Å². The van der Waals surface area contributed by atoms with Crippen molar-refractivity contribution < 1.29 is 19.1 Å². The first-order valence-corrected chi connectivity index (χ1v) is 9.60. The summed E-state index contributed by atoms with van der Waals surface area (Å²) in [5, 5.41) is 2.53. The van der Waals surface area contributed by atoms with Crippen LogP contribution >= 0.6 is 11.8 Å². The zero-order valence-electron chi connectivity index (χ0n) is 14.7. The van der Waals surface area contributed by atoms with E-state index in [1.54, 1.807) is 18.2 Å². The molecule has 0 aliphatic heterocycles. The Morgan fingerprint density at radius 2 is 1.85 bits per heavy atom. The third-order valence-corrected chi connectivity index (χ3v) is 5.22. The Kier molecular flexibility index (Phi) is 6.13. The first kappa shape index (κ1) is 19.0. The maximum Gasteiger partial charge on any atom is 0.316 e. The van der Waals surface area contributed by atoms with Crippen LogP contribution in [0, 0.1) is 0 Å². The number of thioether (sulfide) groups is 1. The lowest BCUT2D eigenvalue weighted by Gasteiger charge is -2.09. The number of carbonyl (C=O) groups excluding carboxylic acids is 3. The molecule has 2 aromatic carbocycles. The maximum atomic E-state index is 11.9. The highest BCUT2D eigenvalue weighted by molar-refractivity contribution is 8.00. The summed E-state index contributed by atoms with van der Waals surface area (Å²) in [4.78, 5) is 36.2. The number of esters is 1. The van der Waals surface area contributed by atoms with Crippen LogP contribution in [0.5, 0.6) is 0 Å². The molecule has 2 aromatic rings. The summed E-state index contributed by atoms with van der Waals surface area (Å²) in [6, 6.07) is 12.6. The second-order valence-corrected chi connectivity index (χ2v) is 7.24. The highest BCUT2D eigenvalue weighted by Gasteiger charge is 2.14. The van der Waals surface area contributed by atoms with Gasteiger partial charge in [-0.3, -0.25) is 14.4 Å². The number of aryl methyl sites for hydroxylation is 2. The number of benzene rings is 2. The summed E-state index contributed by atoms with van der Waals surface area (Å²) in [6.07, 6.45) is 3.39. The van der Waals surface area contributed by atoms with E-state index in [2.05, 4.69) is 17.4 Å². The van der Waals surface area contributed by atoms with Gasteiger partial charge in [0, 0.05) is 4.90 Å². The SMILES string of the molecule is NC(=O)c1ccccc1NC(=O)COC(=O)CSc1ccc2c(c1)CCC2. The van der Waals surface area contributed by atoms with Crippen molar-refractivity contribution in [3.8, 4) is 0 Å². The van der Waals surface area contributed by atoms with Crippen LogP contribution in [0.1, 0.15) is 27.9 Å². The molecule has 6 nitrogen and oxygen atoms in total. The minimum absolute atomic E-state index is 0.129. The second-order valence-electron chi connectivity index (χ2n) is 6.19. The summed E-state index contributed by atoms with van der Waals surface area (Å²) >= 11 is 1.39. The second kappa shape index (κ2) is 8.73. The van der Waals surface area contributed by atoms with Crippen LogP contribution in [0.4, 0.5) is 5.69 Å². The fourth-order valence-electron chi connectivity index (χ4n) is 2.96. The van der Waals surface area contributed by atoms with Gasteiger partial charge in [-0.15, -0.1) is 11.8 Å². The molecule has 0 aromatic heterocycles. The van der Waals surface area contributed by atoms with E-state index in [1.807, 2.05) is 6.07 Å². The van der Waals surface area contributed by atoms with Crippen molar-refractivity contribution in [2.24, 2.45) is 5.73 Å². The predicted octanol–water partition coefficient (Wildman–Crippen LogP) is 2.55. The van der Waals surface area contributed by atoms with Gasteiger partial charge in [0.2, 0.25) is 0 Å². The quantitative estimate of drug-likeness (QED) is 0.565. The predicted molar refractivity (Wildman–Crippen MR) is 104 cm³/mol. The van der Waals surface area contributed by atoms with Crippen LogP contribution in [0.3, 0.4) is 0 Å². The topological polar surface area (TPSA) is 98.5 Å². The number of nitrogens with one attached hydrogen (secondary N) is 1. The number of hydrogen-bond acceptors (Lipinski definition) is 5. The van der Waals surface area contributed by atoms with Crippen molar-refractivity contribution in [3.63, 3.8) is 0 Å². The Morgan fingerprint density at radius 1 is 1.07 bits per heavy atom. The maximum absolute atomic E-state index is 11.9. The molecule has 0 spiro atoms. The molecule has 27 heavy (non-hydrogen) atoms. The fraction of sp³-hybridized carbons (Fsp3) is 0.250. The molecule has 0 saturated heterocycles. The summed E-state index contributed by atoms with van der Waals surface area (Å²) in [5.74, 6) is -1.52. The fourth-order valence-corrected chi connectivity index (χ4v) is 3.72. The van der Waals surface area contributed by atoms with Gasteiger partial charge < -0.3 is 15.8 Å². The lowest BCUT2D eigenvalue weighted by Crippen LogP contribution is -2.23. The van der Waals surface area contributed by atoms with Gasteiger partial charge in [-0.2, -0.15) is 0 Å². The number of para-hydroxylation sites is 1. The molecule has 3 rings (SSSR count). The molecule has 7 heteroatoms. The van der Waals surface area contributed by atoms with E-state index in [9.17, 15) is 14.4 Å². The first-order valence-electron chi connectivity index (χ1n) is 8.62. The smallest absolute Gasteiger partial charge is 0.316 e. The molecular formula is C20H20N2O4S. The Hall–Kier alpha value is -2.80. The normalized spacial score (nSPS) is 12.3. The van der Waals surface area contributed by atoms with Crippen molar-refractivity contribution in [2.75, 3.05) is 17.7 Å². The Balaban J connectivity index is 1.45. The lowest BCUT2D eigenvalue weighted by molar-refractivity contribution is -0.144. The summed E-state index contributed by atoms with van der Waals surface area (Å²) in [6.45, 7) is -0.420. The van der Waals surface area contributed by atoms with Crippen molar-refractivity contribution in [3.05, 3.63) is 59.2 Å². The zero-order chi connectivity index (χ0) is 19.2. The minimum Gasteiger partial charge on any atom is -0.455 e. The number of rotatable bonds is 7. The van der Waals surface area contributed by atoms with E-state index >= 15 is 0 Å². The molecule has 140 valence electrons. The third kappa shape index (κ3) is 5.10. The first-order chi connectivity index (χ1) is 13.0. The van der Waals surface area contributed by atoms with Crippen LogP contribution in [-0.4, -0.2) is 30.1 Å². The molecule has 0 heterocycles. The molecule has 3 N–H and O–H groups in total. The third-order valence-electron chi connectivity index (χ3n) is 4.26. The number of hydrogen-bond donors (Lipinski definition) is 2. The monoisotopic (exact) mass is 384 g/mol. The van der Waals surface area contributed by atoms with Crippen LogP contribution < -0.4 is 11.1 Å². The van der Waals surface area contributed by atoms with Gasteiger partial charge >= 0.3 is 5.97 Å². The molecule has 1 aliphatic rings. The Bertz CT molecular complexity index is 882. The molecule has 0 unspecified atom stereocenters. The number of primary amides is 1. The highest BCUT2D eigenvalue weighted by atomic mass is 32.2. The molecule has 1 aliphatic carbocycles. The van der Waals surface area contributed by atoms with Crippen molar-refractivity contribution >= 4 is 35.2 Å². The molecular weight excluding hydrogens is 364 g/mol. The van der Waals surface area contributed by atoms with E-state index in [0.29, 0.717) is 5.69 Å². The van der Waals surface area contributed by atoms with E-state index < -0.39 is 24.4 Å². The minimum atomic E-state index is -0.645. The van der Waals surface area contributed by atoms with E-state index in [0.717, 1.165) is 17.7 Å². The van der Waals surface area contributed by atoms with E-state index in [4.69, 9.17) is 10.5 Å². The summed E-state index contributed by atoms with van der Waals surface area (Å²) < 4.78 is 5.00. The summed E-state index contributed by atoms with van der Waals surface area (Å²) in [7, 11) is 0. The zero-order valence-corrected chi connectivity index (χ0v) is 15.5. The lowest BCUT2D eigenvalue weighted by atomic mass is 10.1. The van der Waals surface area contributed by atoms with Gasteiger partial charge in [-0.25, -0.2) is 0 Å². The average molecular weight is 384 g/mol. The Labute approximate surface area is 161 Å². The largest absolute Gasteiger partial charge is 0.455 e. The van der Waals surface area contributed by atoms with Crippen LogP contribution in [0.25, 0.3) is 0 Å². The Morgan fingerprint density at radius 3 is 2.67 bits per heavy atom. The molecule has 0 radical (unpaired) electrons. The number of ether oxygens (including phenoxy) is 1. The molecule has 0 fully saturated rings. The standard InChI is InChI=1S/C20H20N2O4S/c21-20(25)16-6-1-2-7-17(16)22-18(23)11-26-19(24)12-27-15-9-8-13-4-3-5-14(13)10-15/h1-2,6-10H,3-5,11-12H2,(H2,21,25)(H,22,23). The van der Waals surface area contributed by atoms with Crippen LogP contribution in [0.2, 0.25) is 0 Å². The molecule has 0 saturated carbocycles. The van der Waals surface area contributed by atoms with Crippen molar-refractivity contribution in [1.82, 2.24) is 0 Å². The highest BCUT2D eigenvalue weighted by Crippen LogP contribution is 2.27. The number of amides is 2. The van der Waals surface area contributed by atoms with Gasteiger partial charge in [0.1, 0.15) is 0 Å². The van der Waals surface area contributed by atoms with Crippen molar-refractivity contribution in [1.29, 1.82) is 0 Å². The molecule has 2 amide bonds. The number of fused-ring (bicyclic) bond motifs is 1. The van der Waals surface area contributed by atoms with Gasteiger partial charge in [0.05, 0.1) is 17.0 Å².